The summed E-state index contributed by atoms with van der Waals surface area (Å²) in [6, 6.07) is 14.2. The summed E-state index contributed by atoms with van der Waals surface area (Å²) in [4.78, 5) is 29.4. The molecule has 1 aromatic heterocycles. The van der Waals surface area contributed by atoms with Gasteiger partial charge in [-0.15, -0.1) is 0 Å². The minimum atomic E-state index is -0.145. The van der Waals surface area contributed by atoms with E-state index in [1.54, 1.807) is 0 Å². The highest BCUT2D eigenvalue weighted by atomic mass is 16.5. The van der Waals surface area contributed by atoms with Gasteiger partial charge in [0, 0.05) is 55.0 Å². The second-order valence-electron chi connectivity index (χ2n) is 10.2. The van der Waals surface area contributed by atoms with Crippen LogP contribution in [0.25, 0.3) is 22.0 Å². The van der Waals surface area contributed by atoms with E-state index in [0.717, 1.165) is 54.6 Å². The molecule has 34 heavy (non-hydrogen) atoms. The number of ether oxygens (including phenoxy) is 1. The molecule has 3 fully saturated rings. The van der Waals surface area contributed by atoms with Crippen LogP contribution in [0.2, 0.25) is 0 Å². The molecule has 3 aromatic rings. The zero-order valence-corrected chi connectivity index (χ0v) is 19.6. The lowest BCUT2D eigenvalue weighted by molar-refractivity contribution is -0.137. The molecule has 3 heterocycles. The van der Waals surface area contributed by atoms with Crippen molar-refractivity contribution in [2.24, 2.45) is 11.3 Å². The summed E-state index contributed by atoms with van der Waals surface area (Å²) in [5, 5.41) is 5.69. The van der Waals surface area contributed by atoms with Gasteiger partial charge in [-0.2, -0.15) is 5.10 Å². The van der Waals surface area contributed by atoms with Crippen LogP contribution in [0.1, 0.15) is 30.1 Å². The van der Waals surface area contributed by atoms with Crippen molar-refractivity contribution < 1.29 is 14.3 Å². The van der Waals surface area contributed by atoms with E-state index in [1.165, 1.54) is 0 Å². The number of fused-ring (bicyclic) bond motifs is 1. The molecule has 7 heteroatoms. The lowest BCUT2D eigenvalue weighted by Gasteiger charge is -2.36. The van der Waals surface area contributed by atoms with Gasteiger partial charge in [-0.3, -0.25) is 14.3 Å². The summed E-state index contributed by atoms with van der Waals surface area (Å²) in [5.41, 5.74) is 3.85. The van der Waals surface area contributed by atoms with Gasteiger partial charge in [-0.05, 0) is 42.2 Å². The molecular weight excluding hydrogens is 428 g/mol. The summed E-state index contributed by atoms with van der Waals surface area (Å²) in [7, 11) is 0. The molecule has 1 saturated carbocycles. The highest BCUT2D eigenvalue weighted by molar-refractivity contribution is 5.95. The van der Waals surface area contributed by atoms with Crippen LogP contribution in [0.3, 0.4) is 0 Å². The Hall–Kier alpha value is -3.19. The van der Waals surface area contributed by atoms with Crippen LogP contribution in [0.5, 0.6) is 0 Å². The second kappa shape index (κ2) is 8.24. The molecular formula is C27H30N4O3. The smallest absolute Gasteiger partial charge is 0.253 e. The second-order valence-corrected chi connectivity index (χ2v) is 10.2. The number of hydrogen-bond acceptors (Lipinski definition) is 4. The topological polar surface area (TPSA) is 67.7 Å². The molecule has 6 rings (SSSR count). The first-order valence-corrected chi connectivity index (χ1v) is 12.2. The molecule has 0 bridgehead atoms. The molecule has 1 aliphatic carbocycles. The van der Waals surface area contributed by atoms with E-state index in [1.807, 2.05) is 47.2 Å². The number of carbonyl (C=O) groups excluding carboxylic acids is 2. The summed E-state index contributed by atoms with van der Waals surface area (Å²) in [5.74, 6) is 0.824. The van der Waals surface area contributed by atoms with Crippen molar-refractivity contribution in [1.82, 2.24) is 19.6 Å². The number of piperazine rings is 1. The van der Waals surface area contributed by atoms with Gasteiger partial charge in [0.05, 0.1) is 24.9 Å². The molecule has 2 aliphatic heterocycles. The third-order valence-corrected chi connectivity index (χ3v) is 7.62. The third-order valence-electron chi connectivity index (χ3n) is 7.62. The molecule has 0 spiro atoms. The van der Waals surface area contributed by atoms with Crippen LogP contribution in [0.15, 0.2) is 48.7 Å². The normalized spacial score (nSPS) is 19.8. The van der Waals surface area contributed by atoms with Crippen LogP contribution < -0.4 is 0 Å². The zero-order chi connectivity index (χ0) is 23.3. The van der Waals surface area contributed by atoms with Crippen LogP contribution in [0, 0.1) is 11.3 Å². The third kappa shape index (κ3) is 3.88. The molecule has 0 radical (unpaired) electrons. The Morgan fingerprint density at radius 1 is 0.971 bits per heavy atom. The first-order chi connectivity index (χ1) is 16.5. The molecule has 0 atom stereocenters. The van der Waals surface area contributed by atoms with E-state index in [2.05, 4.69) is 28.0 Å². The predicted molar refractivity (Wildman–Crippen MR) is 129 cm³/mol. The largest absolute Gasteiger partial charge is 0.381 e. The fraction of sp³-hybridized carbons (Fsp3) is 0.444. The number of hydrogen-bond donors (Lipinski definition) is 0. The van der Waals surface area contributed by atoms with Gasteiger partial charge in [-0.25, -0.2) is 0 Å². The molecule has 3 aliphatic rings. The Morgan fingerprint density at radius 3 is 2.29 bits per heavy atom. The maximum Gasteiger partial charge on any atom is 0.253 e. The summed E-state index contributed by atoms with van der Waals surface area (Å²) in [6.07, 6.45) is 3.89. The minimum Gasteiger partial charge on any atom is -0.381 e. The summed E-state index contributed by atoms with van der Waals surface area (Å²) in [6.45, 7) is 6.96. The van der Waals surface area contributed by atoms with Gasteiger partial charge in [0.1, 0.15) is 0 Å². The average Bonchev–Trinajstić information content (AvgIpc) is 3.48. The van der Waals surface area contributed by atoms with Crippen LogP contribution >= 0.6 is 0 Å². The van der Waals surface area contributed by atoms with Crippen LogP contribution in [0.4, 0.5) is 0 Å². The van der Waals surface area contributed by atoms with Gasteiger partial charge >= 0.3 is 0 Å². The average molecular weight is 459 g/mol. The Bertz CT molecular complexity index is 1230. The Labute approximate surface area is 199 Å². The van der Waals surface area contributed by atoms with E-state index < -0.39 is 0 Å². The zero-order valence-electron chi connectivity index (χ0n) is 19.6. The lowest BCUT2D eigenvalue weighted by Crippen LogP contribution is -2.52. The monoisotopic (exact) mass is 458 g/mol. The predicted octanol–water partition coefficient (Wildman–Crippen LogP) is 3.43. The molecule has 0 N–H and O–H groups in total. The fourth-order valence-corrected chi connectivity index (χ4v) is 4.91. The maximum atomic E-state index is 13.1. The van der Waals surface area contributed by atoms with Gasteiger partial charge in [-0.1, -0.05) is 31.2 Å². The summed E-state index contributed by atoms with van der Waals surface area (Å²) < 4.78 is 7.37. The molecule has 176 valence electrons. The van der Waals surface area contributed by atoms with Crippen molar-refractivity contribution in [3.63, 3.8) is 0 Å². The number of carbonyl (C=O) groups is 2. The molecule has 2 saturated heterocycles. The van der Waals surface area contributed by atoms with E-state index >= 15 is 0 Å². The standard InChI is InChI=1S/C27H30N4O3/c1-27(8-9-27)26(33)30-12-10-29(11-13-30)25(32)21-4-2-20(3-5-21)22-6-7-23-15-28-31(24(23)14-22)16-19-17-34-18-19/h2-7,14-15,19H,8-13,16-18H2,1H3. The van der Waals surface area contributed by atoms with Gasteiger partial charge in [0.25, 0.3) is 5.91 Å². The SMILES string of the molecule is CC1(C(=O)N2CCN(C(=O)c3ccc(-c4ccc5cnn(CC6COC6)c5c4)cc3)CC2)CC1. The number of nitrogens with zero attached hydrogens (tertiary/aromatic N) is 4. The summed E-state index contributed by atoms with van der Waals surface area (Å²) >= 11 is 0. The molecule has 2 amide bonds. The van der Waals surface area contributed by atoms with Crippen molar-refractivity contribution in [3.8, 4) is 11.1 Å². The van der Waals surface area contributed by atoms with E-state index in [4.69, 9.17) is 4.74 Å². The van der Waals surface area contributed by atoms with Gasteiger partial charge < -0.3 is 14.5 Å². The van der Waals surface area contributed by atoms with Crippen molar-refractivity contribution >= 4 is 22.7 Å². The number of benzene rings is 2. The highest BCUT2D eigenvalue weighted by Gasteiger charge is 2.47. The first-order valence-electron chi connectivity index (χ1n) is 12.2. The Kier molecular flexibility index (Phi) is 5.17. The van der Waals surface area contributed by atoms with E-state index in [0.29, 0.717) is 37.7 Å². The van der Waals surface area contributed by atoms with E-state index in [9.17, 15) is 9.59 Å². The molecule has 2 aromatic carbocycles. The van der Waals surface area contributed by atoms with Crippen LogP contribution in [-0.2, 0) is 16.1 Å². The number of amides is 2. The van der Waals surface area contributed by atoms with Gasteiger partial charge in [0.15, 0.2) is 0 Å². The maximum absolute atomic E-state index is 13.1. The molecule has 7 nitrogen and oxygen atoms in total. The van der Waals surface area contributed by atoms with E-state index in [-0.39, 0.29) is 17.2 Å². The van der Waals surface area contributed by atoms with Crippen molar-refractivity contribution in [3.05, 3.63) is 54.2 Å². The minimum absolute atomic E-state index is 0.0347. The van der Waals surface area contributed by atoms with Crippen LogP contribution in [-0.4, -0.2) is 70.8 Å². The number of rotatable bonds is 5. The first kappa shape index (κ1) is 21.4. The fourth-order valence-electron chi connectivity index (χ4n) is 4.91. The Morgan fingerprint density at radius 2 is 1.65 bits per heavy atom. The quantitative estimate of drug-likeness (QED) is 0.588. The number of aromatic nitrogens is 2. The van der Waals surface area contributed by atoms with Crippen molar-refractivity contribution in [1.29, 1.82) is 0 Å². The van der Waals surface area contributed by atoms with Crippen molar-refractivity contribution in [2.75, 3.05) is 39.4 Å². The highest BCUT2D eigenvalue weighted by Crippen LogP contribution is 2.46. The Balaban J connectivity index is 1.13. The van der Waals surface area contributed by atoms with Gasteiger partial charge in [0.2, 0.25) is 5.91 Å². The van der Waals surface area contributed by atoms with Crippen molar-refractivity contribution in [2.45, 2.75) is 26.3 Å². The lowest BCUT2D eigenvalue weighted by atomic mass is 10.0. The molecule has 0 unspecified atom stereocenters.